The molecule has 2 aromatic carbocycles. The normalized spacial score (nSPS) is 15.2. The van der Waals surface area contributed by atoms with E-state index in [9.17, 15) is 5.26 Å². The number of benzene rings is 2. The van der Waals surface area contributed by atoms with E-state index >= 15 is 0 Å². The van der Waals surface area contributed by atoms with Gasteiger partial charge in [-0.25, -0.2) is 4.98 Å². The molecule has 0 saturated heterocycles. The number of oxazole rings is 1. The van der Waals surface area contributed by atoms with Gasteiger partial charge in [-0.2, -0.15) is 5.26 Å². The Morgan fingerprint density at radius 1 is 1.37 bits per heavy atom. The Bertz CT molecular complexity index is 1060. The maximum atomic E-state index is 9.17. The number of nitrogens with two attached hydrogens (primary N) is 1. The molecule has 4 rings (SSSR count). The maximum Gasteiger partial charge on any atom is 0.181 e. The Hall–Kier alpha value is -3.59. The maximum absolute atomic E-state index is 9.17. The van der Waals surface area contributed by atoms with Crippen LogP contribution in [0.4, 0.5) is 11.4 Å². The lowest BCUT2D eigenvalue weighted by Crippen LogP contribution is -2.11. The number of nitrogens with one attached hydrogen (secondary N) is 2. The molecule has 1 aliphatic carbocycles. The molecule has 1 atom stereocenters. The lowest BCUT2D eigenvalue weighted by molar-refractivity contribution is 0.548. The number of rotatable bonds is 4. The molecule has 0 fully saturated rings. The molecule has 0 aliphatic heterocycles. The van der Waals surface area contributed by atoms with Crippen molar-refractivity contribution in [2.45, 2.75) is 25.8 Å². The lowest BCUT2D eigenvalue weighted by Gasteiger charge is -2.19. The summed E-state index contributed by atoms with van der Waals surface area (Å²) >= 11 is 0. The minimum absolute atomic E-state index is 0.170. The van der Waals surface area contributed by atoms with Crippen LogP contribution in [0.2, 0.25) is 0 Å². The summed E-state index contributed by atoms with van der Waals surface area (Å²) in [6, 6.07) is 11.9. The van der Waals surface area contributed by atoms with Gasteiger partial charge in [-0.05, 0) is 66.8 Å². The number of aromatic nitrogens is 1. The topological polar surface area (TPSA) is 112 Å². The average Bonchev–Trinajstić information content (AvgIpc) is 3.33. The van der Waals surface area contributed by atoms with Crippen LogP contribution in [0.3, 0.4) is 0 Å². The number of nitrogens with zero attached hydrogens (tertiary/aromatic N) is 2. The van der Waals surface area contributed by atoms with E-state index in [-0.39, 0.29) is 11.8 Å². The van der Waals surface area contributed by atoms with Gasteiger partial charge in [0.15, 0.2) is 12.2 Å². The summed E-state index contributed by atoms with van der Waals surface area (Å²) < 4.78 is 5.22. The van der Waals surface area contributed by atoms with Crippen molar-refractivity contribution in [3.05, 3.63) is 76.5 Å². The zero-order chi connectivity index (χ0) is 19.0. The molecule has 1 unspecified atom stereocenters. The summed E-state index contributed by atoms with van der Waals surface area (Å²) in [5.74, 6) is 0.380. The van der Waals surface area contributed by atoms with Crippen LogP contribution in [0.25, 0.3) is 0 Å². The Morgan fingerprint density at radius 3 is 2.96 bits per heavy atom. The zero-order valence-electron chi connectivity index (χ0n) is 14.9. The number of aryl methyl sites for hydroxylation is 2. The monoisotopic (exact) mass is 357 g/mol. The van der Waals surface area contributed by atoms with Crippen LogP contribution >= 0.6 is 0 Å². The van der Waals surface area contributed by atoms with E-state index < -0.39 is 0 Å². The number of hydrogen-bond donors (Lipinski definition) is 3. The molecular weight excluding hydrogens is 338 g/mol. The van der Waals surface area contributed by atoms with Gasteiger partial charge in [0.2, 0.25) is 0 Å². The summed E-state index contributed by atoms with van der Waals surface area (Å²) in [5, 5.41) is 21.1. The van der Waals surface area contributed by atoms with E-state index in [1.807, 2.05) is 31.2 Å². The van der Waals surface area contributed by atoms with Crippen molar-refractivity contribution in [1.29, 1.82) is 10.7 Å². The third kappa shape index (κ3) is 3.04. The standard InChI is InChI=1S/C21H19N5O/c1-12-6-13(9-22)7-14-2-5-18(20(12)14)26-15-3-4-17(23)16(8-15)21(24)19-10-25-11-27-19/h3-4,6-8,10-11,18,24,26H,2,5,23H2,1H3. The highest BCUT2D eigenvalue weighted by atomic mass is 16.3. The fourth-order valence-electron chi connectivity index (χ4n) is 3.77. The second-order valence-corrected chi connectivity index (χ2v) is 6.76. The SMILES string of the molecule is Cc1cc(C#N)cc2c1C(Nc1ccc(N)c(C(=N)c3cnco3)c1)CC2. The Labute approximate surface area is 157 Å². The fraction of sp³-hybridized carbons (Fsp3) is 0.190. The van der Waals surface area contributed by atoms with Gasteiger partial charge in [-0.1, -0.05) is 0 Å². The predicted octanol–water partition coefficient (Wildman–Crippen LogP) is 3.95. The Balaban J connectivity index is 1.63. The van der Waals surface area contributed by atoms with Crippen molar-refractivity contribution in [3.8, 4) is 6.07 Å². The zero-order valence-corrected chi connectivity index (χ0v) is 14.9. The molecule has 27 heavy (non-hydrogen) atoms. The molecule has 1 heterocycles. The van der Waals surface area contributed by atoms with Crippen LogP contribution in [0.1, 0.15) is 46.0 Å². The predicted molar refractivity (Wildman–Crippen MR) is 104 cm³/mol. The highest BCUT2D eigenvalue weighted by Gasteiger charge is 2.25. The molecule has 0 spiro atoms. The number of nitriles is 1. The summed E-state index contributed by atoms with van der Waals surface area (Å²) in [4.78, 5) is 3.87. The van der Waals surface area contributed by atoms with Crippen LogP contribution in [0.5, 0.6) is 0 Å². The van der Waals surface area contributed by atoms with Crippen molar-refractivity contribution in [2.75, 3.05) is 11.1 Å². The van der Waals surface area contributed by atoms with E-state index in [1.165, 1.54) is 23.7 Å². The third-order valence-corrected chi connectivity index (χ3v) is 4.99. The third-order valence-electron chi connectivity index (χ3n) is 4.99. The number of nitrogen functional groups attached to an aromatic ring is 1. The first kappa shape index (κ1) is 16.9. The van der Waals surface area contributed by atoms with Crippen molar-refractivity contribution < 1.29 is 4.42 Å². The molecule has 6 nitrogen and oxygen atoms in total. The Kier molecular flexibility index (Phi) is 4.13. The molecule has 0 bridgehead atoms. The van der Waals surface area contributed by atoms with Crippen LogP contribution < -0.4 is 11.1 Å². The second kappa shape index (κ2) is 6.61. The lowest BCUT2D eigenvalue weighted by atomic mass is 9.98. The van der Waals surface area contributed by atoms with Gasteiger partial charge >= 0.3 is 0 Å². The van der Waals surface area contributed by atoms with Crippen LogP contribution in [-0.2, 0) is 6.42 Å². The highest BCUT2D eigenvalue weighted by Crippen LogP contribution is 2.37. The van der Waals surface area contributed by atoms with Gasteiger partial charge in [-0.3, -0.25) is 5.41 Å². The smallest absolute Gasteiger partial charge is 0.181 e. The molecule has 4 N–H and O–H groups in total. The summed E-state index contributed by atoms with van der Waals surface area (Å²) in [7, 11) is 0. The van der Waals surface area contributed by atoms with Gasteiger partial charge in [0.05, 0.1) is 23.9 Å². The minimum Gasteiger partial charge on any atom is -0.442 e. The largest absolute Gasteiger partial charge is 0.442 e. The van der Waals surface area contributed by atoms with Gasteiger partial charge in [0.1, 0.15) is 5.71 Å². The fourth-order valence-corrected chi connectivity index (χ4v) is 3.77. The van der Waals surface area contributed by atoms with Crippen molar-refractivity contribution in [3.63, 3.8) is 0 Å². The van der Waals surface area contributed by atoms with E-state index in [1.54, 1.807) is 6.07 Å². The van der Waals surface area contributed by atoms with Crippen LogP contribution in [0, 0.1) is 23.7 Å². The van der Waals surface area contributed by atoms with Crippen molar-refractivity contribution in [1.82, 2.24) is 4.98 Å². The summed E-state index contributed by atoms with van der Waals surface area (Å²) in [5.41, 5.74) is 12.6. The molecular formula is C21H19N5O. The molecule has 6 heteroatoms. The van der Waals surface area contributed by atoms with E-state index in [0.717, 1.165) is 24.1 Å². The molecule has 0 saturated carbocycles. The van der Waals surface area contributed by atoms with Crippen molar-refractivity contribution in [2.24, 2.45) is 0 Å². The highest BCUT2D eigenvalue weighted by molar-refractivity contribution is 6.12. The second-order valence-electron chi connectivity index (χ2n) is 6.76. The summed E-state index contributed by atoms with van der Waals surface area (Å²) in [6.45, 7) is 2.05. The first-order valence-electron chi connectivity index (χ1n) is 8.74. The molecule has 0 radical (unpaired) electrons. The number of fused-ring (bicyclic) bond motifs is 1. The quantitative estimate of drug-likeness (QED) is 0.483. The number of anilines is 2. The van der Waals surface area contributed by atoms with Crippen LogP contribution in [-0.4, -0.2) is 10.7 Å². The van der Waals surface area contributed by atoms with Gasteiger partial charge in [0, 0.05) is 16.9 Å². The molecule has 0 amide bonds. The first-order valence-corrected chi connectivity index (χ1v) is 8.74. The molecule has 1 aromatic heterocycles. The van der Waals surface area contributed by atoms with Gasteiger partial charge < -0.3 is 15.5 Å². The molecule has 1 aliphatic rings. The van der Waals surface area contributed by atoms with Crippen molar-refractivity contribution >= 4 is 17.1 Å². The Morgan fingerprint density at radius 2 is 2.22 bits per heavy atom. The minimum atomic E-state index is 0.170. The van der Waals surface area contributed by atoms with Crippen LogP contribution in [0.15, 0.2) is 47.3 Å². The van der Waals surface area contributed by atoms with E-state index in [0.29, 0.717) is 22.6 Å². The molecule has 134 valence electrons. The van der Waals surface area contributed by atoms with E-state index in [4.69, 9.17) is 15.6 Å². The van der Waals surface area contributed by atoms with Gasteiger partial charge in [-0.15, -0.1) is 0 Å². The van der Waals surface area contributed by atoms with Gasteiger partial charge in [0.25, 0.3) is 0 Å². The average molecular weight is 357 g/mol. The number of hydrogen-bond acceptors (Lipinski definition) is 6. The van der Waals surface area contributed by atoms with E-state index in [2.05, 4.69) is 16.4 Å². The first-order chi connectivity index (χ1) is 13.1. The molecule has 3 aromatic rings. The summed E-state index contributed by atoms with van der Waals surface area (Å²) in [6.07, 6.45) is 4.71.